The van der Waals surface area contributed by atoms with Gasteiger partial charge in [-0.2, -0.15) is 13.2 Å². The van der Waals surface area contributed by atoms with Crippen LogP contribution in [0.3, 0.4) is 0 Å². The molecule has 1 amide bonds. The predicted molar refractivity (Wildman–Crippen MR) is 71.7 cm³/mol. The number of carbonyl (C=O) groups excluding carboxylic acids is 1. The topological polar surface area (TPSA) is 38.3 Å². The van der Waals surface area contributed by atoms with Crippen molar-refractivity contribution in [1.82, 2.24) is 0 Å². The smallest absolute Gasteiger partial charge is 0.416 e. The number of anilines is 1. The maximum atomic E-state index is 12.4. The van der Waals surface area contributed by atoms with Crippen LogP contribution in [0.15, 0.2) is 54.6 Å². The predicted octanol–water partition coefficient (Wildman–Crippen LogP) is 4.45. The number of carbonyl (C=O) groups is 1. The fraction of sp³-hybridized carbons (Fsp3) is 0.133. The number of alkyl halides is 3. The van der Waals surface area contributed by atoms with Gasteiger partial charge in [0.1, 0.15) is 6.61 Å². The van der Waals surface area contributed by atoms with Crippen molar-refractivity contribution >= 4 is 11.8 Å². The summed E-state index contributed by atoms with van der Waals surface area (Å²) >= 11 is 0. The van der Waals surface area contributed by atoms with E-state index in [0.29, 0.717) is 0 Å². The molecule has 1 N–H and O–H groups in total. The van der Waals surface area contributed by atoms with Gasteiger partial charge >= 0.3 is 12.3 Å². The lowest BCUT2D eigenvalue weighted by Gasteiger charge is -2.09. The SMILES string of the molecule is O=C(Nc1ccc(C(F)(F)F)cc1)OCc1ccccc1. The van der Waals surface area contributed by atoms with Gasteiger partial charge in [0.15, 0.2) is 0 Å². The van der Waals surface area contributed by atoms with Crippen molar-refractivity contribution in [2.24, 2.45) is 0 Å². The number of nitrogens with one attached hydrogen (secondary N) is 1. The highest BCUT2D eigenvalue weighted by Gasteiger charge is 2.29. The van der Waals surface area contributed by atoms with Gasteiger partial charge in [0, 0.05) is 5.69 Å². The lowest BCUT2D eigenvalue weighted by atomic mass is 10.2. The molecule has 0 atom stereocenters. The largest absolute Gasteiger partial charge is 0.444 e. The van der Waals surface area contributed by atoms with E-state index in [2.05, 4.69) is 5.32 Å². The molecular weight excluding hydrogens is 283 g/mol. The van der Waals surface area contributed by atoms with Gasteiger partial charge < -0.3 is 4.74 Å². The molecule has 0 unspecified atom stereocenters. The molecule has 0 heterocycles. The Balaban J connectivity index is 1.88. The number of hydrogen-bond acceptors (Lipinski definition) is 2. The van der Waals surface area contributed by atoms with Gasteiger partial charge in [0.25, 0.3) is 0 Å². The van der Waals surface area contributed by atoms with Gasteiger partial charge in [-0.15, -0.1) is 0 Å². The van der Waals surface area contributed by atoms with Crippen molar-refractivity contribution in [3.63, 3.8) is 0 Å². The van der Waals surface area contributed by atoms with E-state index in [-0.39, 0.29) is 12.3 Å². The van der Waals surface area contributed by atoms with Crippen LogP contribution in [-0.4, -0.2) is 6.09 Å². The minimum Gasteiger partial charge on any atom is -0.444 e. The second kappa shape index (κ2) is 6.30. The monoisotopic (exact) mass is 295 g/mol. The first-order chi connectivity index (χ1) is 9.95. The fourth-order valence-corrected chi connectivity index (χ4v) is 1.62. The Hall–Kier alpha value is -2.50. The second-order valence-electron chi connectivity index (χ2n) is 4.26. The molecule has 0 spiro atoms. The molecule has 0 aliphatic rings. The first-order valence-electron chi connectivity index (χ1n) is 6.10. The number of rotatable bonds is 3. The van der Waals surface area contributed by atoms with Gasteiger partial charge in [-0.3, -0.25) is 5.32 Å². The third kappa shape index (κ3) is 4.52. The van der Waals surface area contributed by atoms with Crippen LogP contribution in [0.25, 0.3) is 0 Å². The average molecular weight is 295 g/mol. The normalized spacial score (nSPS) is 11.0. The quantitative estimate of drug-likeness (QED) is 0.908. The Labute approximate surface area is 119 Å². The molecule has 2 aromatic carbocycles. The highest BCUT2D eigenvalue weighted by Crippen LogP contribution is 2.29. The molecule has 3 nitrogen and oxygen atoms in total. The minimum atomic E-state index is -4.40. The van der Waals surface area contributed by atoms with Gasteiger partial charge in [-0.1, -0.05) is 30.3 Å². The zero-order valence-corrected chi connectivity index (χ0v) is 10.9. The van der Waals surface area contributed by atoms with E-state index in [9.17, 15) is 18.0 Å². The van der Waals surface area contributed by atoms with E-state index >= 15 is 0 Å². The van der Waals surface area contributed by atoms with Gasteiger partial charge in [0.05, 0.1) is 5.56 Å². The average Bonchev–Trinajstić information content (AvgIpc) is 2.46. The molecule has 0 bridgehead atoms. The molecule has 2 rings (SSSR count). The summed E-state index contributed by atoms with van der Waals surface area (Å²) in [6.45, 7) is 0.0906. The molecule has 0 fully saturated rings. The van der Waals surface area contributed by atoms with Crippen LogP contribution in [0.5, 0.6) is 0 Å². The Morgan fingerprint density at radius 1 is 1.00 bits per heavy atom. The van der Waals surface area contributed by atoms with E-state index in [4.69, 9.17) is 4.74 Å². The van der Waals surface area contributed by atoms with Gasteiger partial charge in [-0.05, 0) is 29.8 Å². The summed E-state index contributed by atoms with van der Waals surface area (Å²) in [5.74, 6) is 0. The molecular formula is C15H12F3NO2. The molecule has 0 aliphatic carbocycles. The van der Waals surface area contributed by atoms with E-state index in [1.807, 2.05) is 18.2 Å². The van der Waals surface area contributed by atoms with E-state index in [1.54, 1.807) is 12.1 Å². The second-order valence-corrected chi connectivity index (χ2v) is 4.26. The lowest BCUT2D eigenvalue weighted by Crippen LogP contribution is -2.13. The fourth-order valence-electron chi connectivity index (χ4n) is 1.62. The Kier molecular flexibility index (Phi) is 4.47. The Bertz CT molecular complexity index is 595. The van der Waals surface area contributed by atoms with Gasteiger partial charge in [0.2, 0.25) is 0 Å². The maximum absolute atomic E-state index is 12.4. The highest BCUT2D eigenvalue weighted by atomic mass is 19.4. The Morgan fingerprint density at radius 2 is 1.62 bits per heavy atom. The van der Waals surface area contributed by atoms with Crippen LogP contribution in [0.1, 0.15) is 11.1 Å². The van der Waals surface area contributed by atoms with Crippen LogP contribution in [-0.2, 0) is 17.5 Å². The van der Waals surface area contributed by atoms with Crippen molar-refractivity contribution in [3.8, 4) is 0 Å². The summed E-state index contributed by atoms with van der Waals surface area (Å²) in [5.41, 5.74) is 0.284. The highest BCUT2D eigenvalue weighted by molar-refractivity contribution is 5.84. The molecule has 6 heteroatoms. The maximum Gasteiger partial charge on any atom is 0.416 e. The van der Waals surface area contributed by atoms with Crippen molar-refractivity contribution in [2.75, 3.05) is 5.32 Å². The minimum absolute atomic E-state index is 0.0906. The van der Waals surface area contributed by atoms with E-state index in [0.717, 1.165) is 17.7 Å². The standard InChI is InChI=1S/C15H12F3NO2/c16-15(17,18)12-6-8-13(9-7-12)19-14(20)21-10-11-4-2-1-3-5-11/h1-9H,10H2,(H,19,20). The molecule has 0 radical (unpaired) electrons. The summed E-state index contributed by atoms with van der Waals surface area (Å²) in [5, 5.41) is 2.36. The molecule has 21 heavy (non-hydrogen) atoms. The first kappa shape index (κ1) is 14.9. The van der Waals surface area contributed by atoms with Crippen LogP contribution in [0.4, 0.5) is 23.7 Å². The molecule has 0 aliphatic heterocycles. The summed E-state index contributed by atoms with van der Waals surface area (Å²) in [7, 11) is 0. The van der Waals surface area contributed by atoms with Crippen LogP contribution in [0.2, 0.25) is 0 Å². The molecule has 110 valence electrons. The van der Waals surface area contributed by atoms with Gasteiger partial charge in [-0.25, -0.2) is 4.79 Å². The zero-order valence-electron chi connectivity index (χ0n) is 10.9. The number of benzene rings is 2. The summed E-state index contributed by atoms with van der Waals surface area (Å²) in [4.78, 5) is 11.5. The first-order valence-corrected chi connectivity index (χ1v) is 6.10. The van der Waals surface area contributed by atoms with Crippen molar-refractivity contribution < 1.29 is 22.7 Å². The lowest BCUT2D eigenvalue weighted by molar-refractivity contribution is -0.137. The van der Waals surface area contributed by atoms with Crippen molar-refractivity contribution in [3.05, 3.63) is 65.7 Å². The third-order valence-corrected chi connectivity index (χ3v) is 2.67. The summed E-state index contributed by atoms with van der Waals surface area (Å²) in [6, 6.07) is 13.2. The molecule has 0 saturated carbocycles. The van der Waals surface area contributed by atoms with Crippen LogP contribution < -0.4 is 5.32 Å². The van der Waals surface area contributed by atoms with Crippen molar-refractivity contribution in [1.29, 1.82) is 0 Å². The number of hydrogen-bond donors (Lipinski definition) is 1. The van der Waals surface area contributed by atoms with E-state index in [1.165, 1.54) is 12.1 Å². The summed E-state index contributed by atoms with van der Waals surface area (Å²) < 4.78 is 42.1. The van der Waals surface area contributed by atoms with Crippen molar-refractivity contribution in [2.45, 2.75) is 12.8 Å². The molecule has 0 aromatic heterocycles. The van der Waals surface area contributed by atoms with E-state index < -0.39 is 17.8 Å². The summed E-state index contributed by atoms with van der Waals surface area (Å²) in [6.07, 6.45) is -5.12. The zero-order chi connectivity index (χ0) is 15.3. The Morgan fingerprint density at radius 3 is 2.19 bits per heavy atom. The molecule has 2 aromatic rings. The number of ether oxygens (including phenoxy) is 1. The van der Waals surface area contributed by atoms with Crippen LogP contribution >= 0.6 is 0 Å². The third-order valence-electron chi connectivity index (χ3n) is 2.67. The number of halogens is 3. The molecule has 0 saturated heterocycles. The van der Waals surface area contributed by atoms with Crippen LogP contribution in [0, 0.1) is 0 Å². The number of amides is 1.